The molecule has 1 atom stereocenters. The van der Waals surface area contributed by atoms with E-state index in [1.807, 2.05) is 48.5 Å². The van der Waals surface area contributed by atoms with E-state index in [0.29, 0.717) is 6.42 Å². The molecule has 0 saturated heterocycles. The maximum Gasteiger partial charge on any atom is 0.224 e. The number of amides is 1. The van der Waals surface area contributed by atoms with Gasteiger partial charge < -0.3 is 10.4 Å². The summed E-state index contributed by atoms with van der Waals surface area (Å²) in [6.45, 7) is 0. The summed E-state index contributed by atoms with van der Waals surface area (Å²) in [4.78, 5) is 11.3. The van der Waals surface area contributed by atoms with Crippen LogP contribution in [0.15, 0.2) is 48.5 Å². The maximum absolute atomic E-state index is 11.3. The number of carbonyl (C=O) groups excluding carboxylic acids is 1. The van der Waals surface area contributed by atoms with E-state index in [9.17, 15) is 9.90 Å². The molecular formula is C16H15NO2. The van der Waals surface area contributed by atoms with Crippen LogP contribution in [0.2, 0.25) is 0 Å². The number of anilines is 1. The molecule has 3 nitrogen and oxygen atoms in total. The molecule has 1 aliphatic rings. The number of hydrogen-bond acceptors (Lipinski definition) is 2. The van der Waals surface area contributed by atoms with Gasteiger partial charge in [0.15, 0.2) is 0 Å². The van der Waals surface area contributed by atoms with Crippen LogP contribution in [-0.4, -0.2) is 11.0 Å². The third-order valence-electron chi connectivity index (χ3n) is 3.46. The third-order valence-corrected chi connectivity index (χ3v) is 3.46. The highest BCUT2D eigenvalue weighted by Crippen LogP contribution is 2.28. The van der Waals surface area contributed by atoms with Crippen LogP contribution in [0.25, 0.3) is 0 Å². The van der Waals surface area contributed by atoms with E-state index in [4.69, 9.17) is 0 Å². The van der Waals surface area contributed by atoms with Gasteiger partial charge in [-0.25, -0.2) is 0 Å². The second-order valence-electron chi connectivity index (χ2n) is 4.78. The monoisotopic (exact) mass is 253 g/mol. The highest BCUT2D eigenvalue weighted by molar-refractivity contribution is 5.93. The van der Waals surface area contributed by atoms with Gasteiger partial charge in [0.2, 0.25) is 5.91 Å². The Hall–Kier alpha value is -2.13. The summed E-state index contributed by atoms with van der Waals surface area (Å²) in [5.74, 6) is 0.0591. The first-order valence-electron chi connectivity index (χ1n) is 6.40. The van der Waals surface area contributed by atoms with Gasteiger partial charge in [-0.05, 0) is 29.2 Å². The number of aryl methyl sites for hydroxylation is 1. The number of aliphatic hydroxyl groups is 1. The number of hydrogen-bond donors (Lipinski definition) is 2. The molecule has 0 spiro atoms. The smallest absolute Gasteiger partial charge is 0.224 e. The zero-order chi connectivity index (χ0) is 13.2. The lowest BCUT2D eigenvalue weighted by molar-refractivity contribution is -0.116. The molecule has 2 aromatic carbocycles. The molecular weight excluding hydrogens is 238 g/mol. The van der Waals surface area contributed by atoms with Crippen LogP contribution in [0.1, 0.15) is 29.2 Å². The second-order valence-corrected chi connectivity index (χ2v) is 4.78. The van der Waals surface area contributed by atoms with Gasteiger partial charge in [0.05, 0.1) is 0 Å². The molecule has 3 heteroatoms. The van der Waals surface area contributed by atoms with Crippen LogP contribution in [0.3, 0.4) is 0 Å². The van der Waals surface area contributed by atoms with Crippen molar-refractivity contribution in [1.29, 1.82) is 0 Å². The molecule has 0 bridgehead atoms. The predicted molar refractivity (Wildman–Crippen MR) is 73.9 cm³/mol. The van der Waals surface area contributed by atoms with Crippen molar-refractivity contribution in [3.8, 4) is 0 Å². The van der Waals surface area contributed by atoms with Gasteiger partial charge in [0, 0.05) is 12.1 Å². The van der Waals surface area contributed by atoms with E-state index in [-0.39, 0.29) is 5.91 Å². The van der Waals surface area contributed by atoms with E-state index in [2.05, 4.69) is 5.32 Å². The number of rotatable bonds is 2. The Bertz CT molecular complexity index is 607. The van der Waals surface area contributed by atoms with Gasteiger partial charge in [-0.1, -0.05) is 42.5 Å². The number of benzene rings is 2. The standard InChI is InChI=1S/C16H15NO2/c18-15-9-7-12-10-13(6-8-14(12)17-15)16(19)11-4-2-1-3-5-11/h1-6,8,10,16,19H,7,9H2,(H,17,18). The summed E-state index contributed by atoms with van der Waals surface area (Å²) >= 11 is 0. The van der Waals surface area contributed by atoms with Crippen molar-refractivity contribution in [2.45, 2.75) is 18.9 Å². The number of nitrogens with one attached hydrogen (secondary N) is 1. The summed E-state index contributed by atoms with van der Waals surface area (Å²) in [5.41, 5.74) is 3.69. The van der Waals surface area contributed by atoms with Gasteiger partial charge >= 0.3 is 0 Å². The molecule has 19 heavy (non-hydrogen) atoms. The molecule has 1 amide bonds. The molecule has 1 unspecified atom stereocenters. The highest BCUT2D eigenvalue weighted by Gasteiger charge is 2.17. The Morgan fingerprint density at radius 2 is 1.79 bits per heavy atom. The Kier molecular flexibility index (Phi) is 3.05. The minimum atomic E-state index is -0.621. The molecule has 96 valence electrons. The Labute approximate surface area is 111 Å². The van der Waals surface area contributed by atoms with Crippen molar-refractivity contribution in [2.75, 3.05) is 5.32 Å². The lowest BCUT2D eigenvalue weighted by atomic mass is 9.95. The summed E-state index contributed by atoms with van der Waals surface area (Å²) in [7, 11) is 0. The average Bonchev–Trinajstić information content (AvgIpc) is 2.47. The fourth-order valence-electron chi connectivity index (χ4n) is 2.40. The number of aliphatic hydroxyl groups excluding tert-OH is 1. The van der Waals surface area contributed by atoms with Gasteiger partial charge in [-0.15, -0.1) is 0 Å². The van der Waals surface area contributed by atoms with Crippen LogP contribution < -0.4 is 5.32 Å². The minimum Gasteiger partial charge on any atom is -0.384 e. The molecule has 2 N–H and O–H groups in total. The molecule has 0 aromatic heterocycles. The van der Waals surface area contributed by atoms with Crippen molar-refractivity contribution in [3.63, 3.8) is 0 Å². The first-order chi connectivity index (χ1) is 9.24. The van der Waals surface area contributed by atoms with E-state index < -0.39 is 6.10 Å². The third kappa shape index (κ3) is 2.37. The Morgan fingerprint density at radius 1 is 1.00 bits per heavy atom. The van der Waals surface area contributed by atoms with Crippen molar-refractivity contribution in [1.82, 2.24) is 0 Å². The average molecular weight is 253 g/mol. The van der Waals surface area contributed by atoms with Crippen molar-refractivity contribution < 1.29 is 9.90 Å². The van der Waals surface area contributed by atoms with Crippen LogP contribution in [-0.2, 0) is 11.2 Å². The van der Waals surface area contributed by atoms with Gasteiger partial charge in [-0.3, -0.25) is 4.79 Å². The lowest BCUT2D eigenvalue weighted by Crippen LogP contribution is -2.19. The first kappa shape index (κ1) is 11.9. The largest absolute Gasteiger partial charge is 0.384 e. The fraction of sp³-hybridized carbons (Fsp3) is 0.188. The zero-order valence-corrected chi connectivity index (χ0v) is 10.5. The molecule has 0 radical (unpaired) electrons. The van der Waals surface area contributed by atoms with E-state index >= 15 is 0 Å². The van der Waals surface area contributed by atoms with Crippen LogP contribution in [0, 0.1) is 0 Å². The quantitative estimate of drug-likeness (QED) is 0.864. The Balaban J connectivity index is 1.92. The van der Waals surface area contributed by atoms with E-state index in [0.717, 1.165) is 28.8 Å². The highest BCUT2D eigenvalue weighted by atomic mass is 16.3. The molecule has 3 rings (SSSR count). The van der Waals surface area contributed by atoms with E-state index in [1.165, 1.54) is 0 Å². The molecule has 1 heterocycles. The fourth-order valence-corrected chi connectivity index (χ4v) is 2.40. The molecule has 2 aromatic rings. The van der Waals surface area contributed by atoms with Crippen molar-refractivity contribution >= 4 is 11.6 Å². The normalized spacial score (nSPS) is 15.5. The predicted octanol–water partition coefficient (Wildman–Crippen LogP) is 2.65. The minimum absolute atomic E-state index is 0.0591. The summed E-state index contributed by atoms with van der Waals surface area (Å²) in [5, 5.41) is 13.2. The first-order valence-corrected chi connectivity index (χ1v) is 6.40. The van der Waals surface area contributed by atoms with E-state index in [1.54, 1.807) is 0 Å². The van der Waals surface area contributed by atoms with Gasteiger partial charge in [0.1, 0.15) is 6.10 Å². The van der Waals surface area contributed by atoms with Crippen LogP contribution >= 0.6 is 0 Å². The van der Waals surface area contributed by atoms with Crippen molar-refractivity contribution in [3.05, 3.63) is 65.2 Å². The SMILES string of the molecule is O=C1CCc2cc(C(O)c3ccccc3)ccc2N1. The summed E-state index contributed by atoms with van der Waals surface area (Å²) in [6.07, 6.45) is 0.623. The second kappa shape index (κ2) is 4.86. The topological polar surface area (TPSA) is 49.3 Å². The molecule has 0 saturated carbocycles. The van der Waals surface area contributed by atoms with Gasteiger partial charge in [-0.2, -0.15) is 0 Å². The maximum atomic E-state index is 11.3. The van der Waals surface area contributed by atoms with Crippen LogP contribution in [0.4, 0.5) is 5.69 Å². The lowest BCUT2D eigenvalue weighted by Gasteiger charge is -2.19. The van der Waals surface area contributed by atoms with Crippen LogP contribution in [0.5, 0.6) is 0 Å². The Morgan fingerprint density at radius 3 is 2.58 bits per heavy atom. The van der Waals surface area contributed by atoms with Gasteiger partial charge in [0.25, 0.3) is 0 Å². The summed E-state index contributed by atoms with van der Waals surface area (Å²) in [6, 6.07) is 15.3. The summed E-state index contributed by atoms with van der Waals surface area (Å²) < 4.78 is 0. The molecule has 0 fully saturated rings. The number of carbonyl (C=O) groups is 1. The molecule has 0 aliphatic carbocycles. The van der Waals surface area contributed by atoms with Crippen molar-refractivity contribution in [2.24, 2.45) is 0 Å². The number of fused-ring (bicyclic) bond motifs is 1. The molecule has 1 aliphatic heterocycles. The zero-order valence-electron chi connectivity index (χ0n) is 10.5.